The Bertz CT molecular complexity index is 1760. The smallest absolute Gasteiger partial charge is 0.410 e. The van der Waals surface area contributed by atoms with Gasteiger partial charge in [-0.05, 0) is 36.5 Å². The highest BCUT2D eigenvalue weighted by molar-refractivity contribution is 5.71. The van der Waals surface area contributed by atoms with E-state index in [4.69, 9.17) is 33.2 Å². The highest BCUT2D eigenvalue weighted by Gasteiger charge is 2.60. The molecule has 3 aliphatic rings. The zero-order valence-corrected chi connectivity index (χ0v) is 31.4. The lowest BCUT2D eigenvalue weighted by Crippen LogP contribution is -2.71. The van der Waals surface area contributed by atoms with E-state index < -0.39 is 85.4 Å². The van der Waals surface area contributed by atoms with E-state index in [0.717, 1.165) is 16.7 Å². The second-order valence-corrected chi connectivity index (χ2v) is 13.9. The molecule has 3 fully saturated rings. The molecule has 0 radical (unpaired) electrons. The molecular weight excluding hydrogens is 728 g/mol. The van der Waals surface area contributed by atoms with Crippen LogP contribution in [0.4, 0.5) is 19.2 Å². The quantitative estimate of drug-likeness (QED) is 0.183. The van der Waals surface area contributed by atoms with Gasteiger partial charge in [0.05, 0.1) is 24.2 Å². The van der Waals surface area contributed by atoms with Crippen molar-refractivity contribution in [2.24, 2.45) is 0 Å². The third kappa shape index (κ3) is 10.1. The zero-order valence-electron chi connectivity index (χ0n) is 31.4. The predicted molar refractivity (Wildman–Crippen MR) is 198 cm³/mol. The fourth-order valence-electron chi connectivity index (χ4n) is 7.16. The molecule has 0 unspecified atom stereocenters. The summed E-state index contributed by atoms with van der Waals surface area (Å²) in [6.07, 6.45) is -8.91. The number of carbonyl (C=O) groups is 4. The number of rotatable bonds is 13. The van der Waals surface area contributed by atoms with Crippen LogP contribution in [-0.2, 0) is 53.0 Å². The molecule has 16 heteroatoms. The Kier molecular flexibility index (Phi) is 13.6. The van der Waals surface area contributed by atoms with E-state index in [-0.39, 0.29) is 19.8 Å². The number of likely N-dealkylation sites (N-methyl/N-ethyl adjacent to an activating group) is 1. The molecule has 4 amide bonds. The molecular formula is C40H48N4O12. The van der Waals surface area contributed by atoms with E-state index in [9.17, 15) is 24.3 Å². The number of hydrogen-bond donors (Lipinski definition) is 4. The van der Waals surface area contributed by atoms with Crippen LogP contribution < -0.4 is 16.0 Å². The van der Waals surface area contributed by atoms with Crippen molar-refractivity contribution >= 4 is 24.4 Å². The van der Waals surface area contributed by atoms with Gasteiger partial charge in [-0.1, -0.05) is 91.0 Å². The highest BCUT2D eigenvalue weighted by atomic mass is 16.7. The van der Waals surface area contributed by atoms with Crippen LogP contribution in [0.3, 0.4) is 0 Å². The number of alkyl carbamates (subject to hydrolysis) is 3. The van der Waals surface area contributed by atoms with Crippen molar-refractivity contribution in [3.63, 3.8) is 0 Å². The average molecular weight is 777 g/mol. The zero-order chi connectivity index (χ0) is 39.6. The number of carbonyl (C=O) groups excluding carboxylic acids is 4. The van der Waals surface area contributed by atoms with Crippen LogP contribution in [0.25, 0.3) is 0 Å². The molecule has 0 aromatic heterocycles. The first kappa shape index (κ1) is 40.2. The molecule has 2 heterocycles. The molecule has 1 saturated carbocycles. The Balaban J connectivity index is 1.21. The number of ether oxygens (including phenoxy) is 7. The van der Waals surface area contributed by atoms with Crippen molar-refractivity contribution in [3.8, 4) is 0 Å². The molecule has 6 rings (SSSR count). The Morgan fingerprint density at radius 3 is 1.84 bits per heavy atom. The average Bonchev–Trinajstić information content (AvgIpc) is 3.51. The molecule has 56 heavy (non-hydrogen) atoms. The molecule has 16 nitrogen and oxygen atoms in total. The summed E-state index contributed by atoms with van der Waals surface area (Å²) in [5.74, 6) is 0. The first-order valence-corrected chi connectivity index (χ1v) is 18.5. The van der Waals surface area contributed by atoms with Crippen LogP contribution in [0.1, 0.15) is 36.5 Å². The number of hydrogen-bond acceptors (Lipinski definition) is 12. The molecule has 300 valence electrons. The maximum atomic E-state index is 13.3. The molecule has 0 spiro atoms. The number of methoxy groups -OCH3 is 1. The largest absolute Gasteiger partial charge is 0.445 e. The van der Waals surface area contributed by atoms with Gasteiger partial charge in [-0.15, -0.1) is 0 Å². The molecule has 4 N–H and O–H groups in total. The highest BCUT2D eigenvalue weighted by Crippen LogP contribution is 2.37. The molecule has 3 aromatic rings. The number of amides is 4. The lowest BCUT2D eigenvalue weighted by atomic mass is 9.81. The monoisotopic (exact) mass is 776 g/mol. The van der Waals surface area contributed by atoms with E-state index >= 15 is 0 Å². The summed E-state index contributed by atoms with van der Waals surface area (Å²) in [6.45, 7) is 1.77. The van der Waals surface area contributed by atoms with Gasteiger partial charge in [0.25, 0.3) is 0 Å². The van der Waals surface area contributed by atoms with Crippen LogP contribution in [0.15, 0.2) is 91.0 Å². The SMILES string of the molecule is CO[C@@H]1[C@H](O)[C@@H](NC(=O)OCc2ccccc2)[C@H](O[C@@H]2O[C@H]([C@H](C)NC(=O)OCc3ccccc3)CC[C@H]2NC(=O)OCc2ccccc2)[C@H]2OC(=O)N(C)[C@H]12. The summed E-state index contributed by atoms with van der Waals surface area (Å²) < 4.78 is 40.9. The predicted octanol–water partition coefficient (Wildman–Crippen LogP) is 3.99. The minimum Gasteiger partial charge on any atom is -0.445 e. The fraction of sp³-hybridized carbons (Fsp3) is 0.450. The second kappa shape index (κ2) is 18.9. The lowest BCUT2D eigenvalue weighted by Gasteiger charge is -2.48. The fourth-order valence-corrected chi connectivity index (χ4v) is 7.16. The first-order valence-electron chi connectivity index (χ1n) is 18.5. The van der Waals surface area contributed by atoms with Crippen LogP contribution in [0, 0.1) is 0 Å². The maximum Gasteiger partial charge on any atom is 0.410 e. The number of benzene rings is 3. The van der Waals surface area contributed by atoms with Gasteiger partial charge in [-0.25, -0.2) is 19.2 Å². The van der Waals surface area contributed by atoms with Crippen molar-refractivity contribution in [1.82, 2.24) is 20.9 Å². The van der Waals surface area contributed by atoms with Crippen molar-refractivity contribution < 1.29 is 57.4 Å². The molecule has 10 atom stereocenters. The molecule has 1 aliphatic carbocycles. The van der Waals surface area contributed by atoms with Gasteiger partial charge in [0.15, 0.2) is 12.4 Å². The van der Waals surface area contributed by atoms with Crippen molar-refractivity contribution in [1.29, 1.82) is 0 Å². The molecule has 2 saturated heterocycles. The summed E-state index contributed by atoms with van der Waals surface area (Å²) in [6, 6.07) is 24.0. The first-order chi connectivity index (χ1) is 27.1. The molecule has 2 aliphatic heterocycles. The van der Waals surface area contributed by atoms with E-state index in [0.29, 0.717) is 12.8 Å². The van der Waals surface area contributed by atoms with E-state index in [1.165, 1.54) is 19.1 Å². The summed E-state index contributed by atoms with van der Waals surface area (Å²) in [4.78, 5) is 53.5. The normalized spacial score (nSPS) is 27.5. The summed E-state index contributed by atoms with van der Waals surface area (Å²) in [5, 5.41) is 20.1. The minimum atomic E-state index is -1.42. The number of fused-ring (bicyclic) bond motifs is 1. The van der Waals surface area contributed by atoms with Crippen LogP contribution in [-0.4, -0.2) is 110 Å². The second-order valence-electron chi connectivity index (χ2n) is 13.9. The van der Waals surface area contributed by atoms with Gasteiger partial charge in [0, 0.05) is 14.2 Å². The lowest BCUT2D eigenvalue weighted by molar-refractivity contribution is -0.264. The van der Waals surface area contributed by atoms with Gasteiger partial charge in [-0.3, -0.25) is 0 Å². The summed E-state index contributed by atoms with van der Waals surface area (Å²) >= 11 is 0. The topological polar surface area (TPSA) is 192 Å². The molecule has 3 aromatic carbocycles. The minimum absolute atomic E-state index is 0.0107. The van der Waals surface area contributed by atoms with Gasteiger partial charge in [-0.2, -0.15) is 0 Å². The third-order valence-corrected chi connectivity index (χ3v) is 10.1. The van der Waals surface area contributed by atoms with Crippen LogP contribution in [0.5, 0.6) is 0 Å². The number of nitrogens with zero attached hydrogens (tertiary/aromatic N) is 1. The number of aliphatic hydroxyl groups is 1. The van der Waals surface area contributed by atoms with Crippen molar-refractivity contribution in [2.75, 3.05) is 14.2 Å². The standard InChI is InChI=1S/C40H48N4O12/c1-24(41-37(46)51-21-25-13-7-4-8-14-25)29-20-19-28(42-38(47)52-22-26-15-9-5-10-16-26)36(54-29)55-33-30(43-39(48)53-23-27-17-11-6-12-18-27)32(45)34(50-3)31-35(33)56-40(49)44(31)2/h4-18,24,28-36,45H,19-23H2,1-3H3,(H,41,46)(H,42,47)(H,43,48)/t24-,28+,29-,30+,31+,32+,33-,34-,35-,36-/m0/s1. The Morgan fingerprint density at radius 2 is 1.30 bits per heavy atom. The molecule has 0 bridgehead atoms. The van der Waals surface area contributed by atoms with Gasteiger partial charge in [0.2, 0.25) is 0 Å². The Labute approximate surface area is 324 Å². The van der Waals surface area contributed by atoms with E-state index in [1.807, 2.05) is 78.9 Å². The van der Waals surface area contributed by atoms with Gasteiger partial charge >= 0.3 is 24.4 Å². The van der Waals surface area contributed by atoms with E-state index in [1.54, 1.807) is 19.1 Å². The summed E-state index contributed by atoms with van der Waals surface area (Å²) in [5.41, 5.74) is 2.34. The van der Waals surface area contributed by atoms with Crippen LogP contribution in [0.2, 0.25) is 0 Å². The number of nitrogens with one attached hydrogen (secondary N) is 3. The maximum absolute atomic E-state index is 13.3. The summed E-state index contributed by atoms with van der Waals surface area (Å²) in [7, 11) is 2.89. The van der Waals surface area contributed by atoms with Crippen molar-refractivity contribution in [2.45, 2.75) is 101 Å². The Hall–Kier alpha value is -5.42. The Morgan fingerprint density at radius 1 is 0.786 bits per heavy atom. The van der Waals surface area contributed by atoms with Crippen molar-refractivity contribution in [3.05, 3.63) is 108 Å². The van der Waals surface area contributed by atoms with Gasteiger partial charge < -0.3 is 59.1 Å². The van der Waals surface area contributed by atoms with Gasteiger partial charge in [0.1, 0.15) is 44.2 Å². The number of aliphatic hydroxyl groups excluding tert-OH is 1. The van der Waals surface area contributed by atoms with E-state index in [2.05, 4.69) is 16.0 Å². The third-order valence-electron chi connectivity index (χ3n) is 10.1. The van der Waals surface area contributed by atoms with Crippen LogP contribution >= 0.6 is 0 Å².